The molecule has 1 aliphatic heterocycles. The summed E-state index contributed by atoms with van der Waals surface area (Å²) in [4.78, 5) is 19.2. The minimum absolute atomic E-state index is 0.216. The molecule has 0 radical (unpaired) electrons. The van der Waals surface area contributed by atoms with Crippen LogP contribution in [0.15, 0.2) is 72.9 Å². The third-order valence-corrected chi connectivity index (χ3v) is 4.81. The van der Waals surface area contributed by atoms with Crippen molar-refractivity contribution in [3.63, 3.8) is 0 Å². The first-order valence-electron chi connectivity index (χ1n) is 9.25. The molecule has 1 atom stereocenters. The monoisotopic (exact) mass is 376 g/mol. The Morgan fingerprint density at radius 2 is 1.89 bits per heavy atom. The van der Waals surface area contributed by atoms with Crippen molar-refractivity contribution in [3.05, 3.63) is 89.9 Å². The Morgan fingerprint density at radius 1 is 1.11 bits per heavy atom. The molecule has 0 bridgehead atoms. The minimum Gasteiger partial charge on any atom is -0.353 e. The average molecular weight is 376 g/mol. The zero-order valence-electron chi connectivity index (χ0n) is 15.3. The lowest BCUT2D eigenvalue weighted by Gasteiger charge is -2.34. The highest BCUT2D eigenvalue weighted by Crippen LogP contribution is 2.22. The Balaban J connectivity index is 1.48. The number of aromatic nitrogens is 1. The molecule has 0 spiro atoms. The fraction of sp³-hybridized carbons (Fsp3) is 0.182. The van der Waals surface area contributed by atoms with E-state index in [2.05, 4.69) is 32.7 Å². The van der Waals surface area contributed by atoms with Gasteiger partial charge in [-0.1, -0.05) is 30.3 Å². The van der Waals surface area contributed by atoms with Crippen LogP contribution in [0.25, 0.3) is 0 Å². The van der Waals surface area contributed by atoms with Gasteiger partial charge in [-0.15, -0.1) is 0 Å². The number of pyridine rings is 1. The fourth-order valence-corrected chi connectivity index (χ4v) is 3.34. The maximum absolute atomic E-state index is 13.0. The van der Waals surface area contributed by atoms with Crippen LogP contribution in [0.4, 0.5) is 15.9 Å². The molecule has 142 valence electrons. The van der Waals surface area contributed by atoms with E-state index >= 15 is 0 Å². The van der Waals surface area contributed by atoms with E-state index in [1.54, 1.807) is 18.3 Å². The summed E-state index contributed by atoms with van der Waals surface area (Å²) in [5, 5.41) is 6.32. The average Bonchev–Trinajstić information content (AvgIpc) is 2.76. The van der Waals surface area contributed by atoms with E-state index in [1.165, 1.54) is 29.8 Å². The highest BCUT2D eigenvalue weighted by Gasteiger charge is 2.22. The number of carbonyl (C=O) groups is 1. The van der Waals surface area contributed by atoms with E-state index in [1.807, 2.05) is 18.2 Å². The summed E-state index contributed by atoms with van der Waals surface area (Å²) in [7, 11) is 0. The van der Waals surface area contributed by atoms with Crippen LogP contribution in [-0.2, 0) is 0 Å². The van der Waals surface area contributed by atoms with Crippen molar-refractivity contribution in [3.8, 4) is 0 Å². The molecule has 1 amide bonds. The predicted molar refractivity (Wildman–Crippen MR) is 108 cm³/mol. The first kappa shape index (κ1) is 18.1. The van der Waals surface area contributed by atoms with E-state index in [4.69, 9.17) is 0 Å². The molecule has 1 aromatic heterocycles. The van der Waals surface area contributed by atoms with Crippen LogP contribution in [0.2, 0.25) is 0 Å². The van der Waals surface area contributed by atoms with Gasteiger partial charge in [0.2, 0.25) is 0 Å². The summed E-state index contributed by atoms with van der Waals surface area (Å²) in [6.07, 6.45) is 1.65. The normalized spacial score (nSPS) is 16.6. The summed E-state index contributed by atoms with van der Waals surface area (Å²) in [6, 6.07) is 19.7. The number of hydrogen-bond donors (Lipinski definition) is 2. The number of benzene rings is 2. The van der Waals surface area contributed by atoms with Crippen molar-refractivity contribution in [2.75, 3.05) is 29.9 Å². The number of hydrogen-bond acceptors (Lipinski definition) is 4. The molecular formula is C22H21FN4O. The smallest absolute Gasteiger partial charge is 0.255 e. The van der Waals surface area contributed by atoms with E-state index in [0.29, 0.717) is 11.3 Å². The number of piperazine rings is 1. The molecule has 4 rings (SSSR count). The summed E-state index contributed by atoms with van der Waals surface area (Å²) in [5.74, 6) is 0.190. The Bertz CT molecular complexity index is 946. The Morgan fingerprint density at radius 3 is 2.68 bits per heavy atom. The zero-order valence-corrected chi connectivity index (χ0v) is 15.3. The second-order valence-electron chi connectivity index (χ2n) is 6.73. The Hall–Kier alpha value is -3.25. The maximum Gasteiger partial charge on any atom is 0.255 e. The number of carbonyl (C=O) groups excluding carboxylic acids is 1. The van der Waals surface area contributed by atoms with Gasteiger partial charge < -0.3 is 15.5 Å². The first-order chi connectivity index (χ1) is 13.7. The van der Waals surface area contributed by atoms with E-state index in [-0.39, 0.29) is 17.8 Å². The van der Waals surface area contributed by atoms with Crippen molar-refractivity contribution in [2.24, 2.45) is 0 Å². The highest BCUT2D eigenvalue weighted by molar-refractivity contribution is 6.04. The molecule has 5 nitrogen and oxygen atoms in total. The van der Waals surface area contributed by atoms with Crippen molar-refractivity contribution in [1.29, 1.82) is 0 Å². The standard InChI is InChI=1S/C22H21FN4O/c23-18-6-8-19(9-7-18)26-22(28)17-10-11-25-21(14-17)27-13-12-24-20(15-27)16-4-2-1-3-5-16/h1-11,14,20,24H,12-13,15H2,(H,26,28). The zero-order chi connectivity index (χ0) is 19.3. The van der Waals surface area contributed by atoms with Crippen LogP contribution in [-0.4, -0.2) is 30.5 Å². The number of amides is 1. The van der Waals surface area contributed by atoms with E-state index < -0.39 is 0 Å². The molecule has 1 saturated heterocycles. The molecule has 1 aliphatic rings. The lowest BCUT2D eigenvalue weighted by Crippen LogP contribution is -2.46. The third kappa shape index (κ3) is 4.18. The van der Waals surface area contributed by atoms with Crippen LogP contribution < -0.4 is 15.5 Å². The topological polar surface area (TPSA) is 57.3 Å². The second kappa shape index (κ2) is 8.19. The molecule has 3 aromatic rings. The summed E-state index contributed by atoms with van der Waals surface area (Å²) >= 11 is 0. The SMILES string of the molecule is O=C(Nc1ccc(F)cc1)c1ccnc(N2CCNC(c3ccccc3)C2)c1. The lowest BCUT2D eigenvalue weighted by atomic mass is 10.0. The molecule has 2 aromatic carbocycles. The molecule has 2 heterocycles. The number of halogens is 1. The first-order valence-corrected chi connectivity index (χ1v) is 9.25. The Labute approximate surface area is 163 Å². The molecule has 1 unspecified atom stereocenters. The molecule has 1 fully saturated rings. The molecule has 0 aliphatic carbocycles. The van der Waals surface area contributed by atoms with Gasteiger partial charge in [0.05, 0.1) is 0 Å². The summed E-state index contributed by atoms with van der Waals surface area (Å²) in [5.41, 5.74) is 2.30. The van der Waals surface area contributed by atoms with Crippen molar-refractivity contribution in [1.82, 2.24) is 10.3 Å². The van der Waals surface area contributed by atoms with Crippen LogP contribution in [0.5, 0.6) is 0 Å². The van der Waals surface area contributed by atoms with Crippen molar-refractivity contribution in [2.45, 2.75) is 6.04 Å². The Kier molecular flexibility index (Phi) is 5.30. The van der Waals surface area contributed by atoms with Gasteiger partial charge in [0.1, 0.15) is 11.6 Å². The van der Waals surface area contributed by atoms with Gasteiger partial charge in [-0.3, -0.25) is 4.79 Å². The molecule has 28 heavy (non-hydrogen) atoms. The van der Waals surface area contributed by atoms with Gasteiger partial charge in [-0.25, -0.2) is 9.37 Å². The quantitative estimate of drug-likeness (QED) is 0.730. The van der Waals surface area contributed by atoms with Crippen LogP contribution in [0.3, 0.4) is 0 Å². The van der Waals surface area contributed by atoms with Gasteiger partial charge in [0.15, 0.2) is 0 Å². The van der Waals surface area contributed by atoms with E-state index in [9.17, 15) is 9.18 Å². The molecule has 6 heteroatoms. The van der Waals surface area contributed by atoms with Gasteiger partial charge in [-0.2, -0.15) is 0 Å². The minimum atomic E-state index is -0.337. The van der Waals surface area contributed by atoms with Crippen molar-refractivity contribution < 1.29 is 9.18 Å². The predicted octanol–water partition coefficient (Wildman–Crippen LogP) is 3.62. The maximum atomic E-state index is 13.0. The lowest BCUT2D eigenvalue weighted by molar-refractivity contribution is 0.102. The number of anilines is 2. The highest BCUT2D eigenvalue weighted by atomic mass is 19.1. The van der Waals surface area contributed by atoms with Crippen LogP contribution >= 0.6 is 0 Å². The number of rotatable bonds is 4. The summed E-state index contributed by atoms with van der Waals surface area (Å²) < 4.78 is 13.0. The largest absolute Gasteiger partial charge is 0.353 e. The fourth-order valence-electron chi connectivity index (χ4n) is 3.34. The van der Waals surface area contributed by atoms with Crippen molar-refractivity contribution >= 4 is 17.4 Å². The summed E-state index contributed by atoms with van der Waals surface area (Å²) in [6.45, 7) is 2.44. The molecule has 0 saturated carbocycles. The van der Waals surface area contributed by atoms with E-state index in [0.717, 1.165) is 25.5 Å². The van der Waals surface area contributed by atoms with Crippen LogP contribution in [0, 0.1) is 5.82 Å². The van der Waals surface area contributed by atoms with Gasteiger partial charge in [0.25, 0.3) is 5.91 Å². The van der Waals surface area contributed by atoms with Gasteiger partial charge in [0, 0.05) is 43.1 Å². The van der Waals surface area contributed by atoms with Gasteiger partial charge >= 0.3 is 0 Å². The molecular weight excluding hydrogens is 355 g/mol. The third-order valence-electron chi connectivity index (χ3n) is 4.81. The second-order valence-corrected chi connectivity index (χ2v) is 6.73. The molecule has 2 N–H and O–H groups in total. The van der Waals surface area contributed by atoms with Gasteiger partial charge in [-0.05, 0) is 42.0 Å². The number of nitrogens with one attached hydrogen (secondary N) is 2. The van der Waals surface area contributed by atoms with Crippen LogP contribution in [0.1, 0.15) is 22.0 Å². The number of nitrogens with zero attached hydrogens (tertiary/aromatic N) is 2.